The molecule has 1 aromatic rings. The number of hydrogen-bond acceptors (Lipinski definition) is 7. The molecule has 0 unspecified atom stereocenters. The molecule has 0 bridgehead atoms. The number of ether oxygens (including phenoxy) is 4. The Balaban J connectivity index is 3.00. The second-order valence-electron chi connectivity index (χ2n) is 6.30. The molecule has 2 atom stereocenters. The number of hydrogen-bond donors (Lipinski definition) is 0. The highest BCUT2D eigenvalue weighted by Gasteiger charge is 2.41. The normalized spacial score (nSPS) is 13.5. The maximum atomic E-state index is 12.4. The minimum absolute atomic E-state index is 0.0289. The highest BCUT2D eigenvalue weighted by atomic mass is 16.6. The molecule has 0 aromatic heterocycles. The van der Waals surface area contributed by atoms with Gasteiger partial charge in [-0.05, 0) is 26.3 Å². The largest absolute Gasteiger partial charge is 0.467 e. The van der Waals surface area contributed by atoms with E-state index in [0.29, 0.717) is 0 Å². The SMILES string of the molecule is COC(=O)[C@H](OCc1ccccc1)[C@@H](OC(C)=O)C(=O)OC(C)(C)C. The third kappa shape index (κ3) is 7.34. The van der Waals surface area contributed by atoms with Gasteiger partial charge in [-0.3, -0.25) is 4.79 Å². The Labute approximate surface area is 147 Å². The second kappa shape index (κ2) is 9.17. The molecular weight excluding hydrogens is 328 g/mol. The topological polar surface area (TPSA) is 88.1 Å². The van der Waals surface area contributed by atoms with Crippen LogP contribution in [-0.4, -0.2) is 42.8 Å². The van der Waals surface area contributed by atoms with E-state index < -0.39 is 35.7 Å². The summed E-state index contributed by atoms with van der Waals surface area (Å²) in [6, 6.07) is 9.04. The zero-order chi connectivity index (χ0) is 19.0. The van der Waals surface area contributed by atoms with E-state index in [4.69, 9.17) is 14.2 Å². The zero-order valence-corrected chi connectivity index (χ0v) is 15.1. The lowest BCUT2D eigenvalue weighted by Crippen LogP contribution is -2.47. The van der Waals surface area contributed by atoms with E-state index in [1.54, 1.807) is 32.9 Å². The molecule has 25 heavy (non-hydrogen) atoms. The average molecular weight is 352 g/mol. The number of methoxy groups -OCH3 is 1. The predicted octanol–water partition coefficient (Wildman–Crippen LogP) is 2.02. The molecule has 0 heterocycles. The molecule has 1 rings (SSSR count). The summed E-state index contributed by atoms with van der Waals surface area (Å²) in [5.74, 6) is -2.47. The fourth-order valence-corrected chi connectivity index (χ4v) is 1.93. The molecule has 0 fully saturated rings. The summed E-state index contributed by atoms with van der Waals surface area (Å²) in [6.45, 7) is 6.14. The summed E-state index contributed by atoms with van der Waals surface area (Å²) >= 11 is 0. The summed E-state index contributed by atoms with van der Waals surface area (Å²) in [5, 5.41) is 0. The minimum atomic E-state index is -1.56. The van der Waals surface area contributed by atoms with Crippen LogP contribution in [0.3, 0.4) is 0 Å². The van der Waals surface area contributed by atoms with Crippen LogP contribution in [0.1, 0.15) is 33.3 Å². The molecule has 0 radical (unpaired) electrons. The van der Waals surface area contributed by atoms with Crippen molar-refractivity contribution < 1.29 is 33.3 Å². The Bertz CT molecular complexity index is 589. The number of benzene rings is 1. The van der Waals surface area contributed by atoms with Crippen molar-refractivity contribution >= 4 is 17.9 Å². The quantitative estimate of drug-likeness (QED) is 0.548. The van der Waals surface area contributed by atoms with Gasteiger partial charge in [0.2, 0.25) is 12.2 Å². The van der Waals surface area contributed by atoms with E-state index in [2.05, 4.69) is 4.74 Å². The Morgan fingerprint density at radius 2 is 1.60 bits per heavy atom. The first kappa shape index (κ1) is 20.6. The summed E-state index contributed by atoms with van der Waals surface area (Å²) in [4.78, 5) is 35.8. The molecule has 7 heteroatoms. The number of carbonyl (C=O) groups is 3. The van der Waals surface area contributed by atoms with Crippen LogP contribution in [-0.2, 0) is 39.9 Å². The van der Waals surface area contributed by atoms with Crippen molar-refractivity contribution in [2.75, 3.05) is 7.11 Å². The minimum Gasteiger partial charge on any atom is -0.467 e. The molecule has 138 valence electrons. The summed E-state index contributed by atoms with van der Waals surface area (Å²) < 4.78 is 20.4. The van der Waals surface area contributed by atoms with Gasteiger partial charge < -0.3 is 18.9 Å². The van der Waals surface area contributed by atoms with E-state index in [-0.39, 0.29) is 6.61 Å². The third-order valence-electron chi connectivity index (χ3n) is 2.91. The van der Waals surface area contributed by atoms with Crippen molar-refractivity contribution in [3.63, 3.8) is 0 Å². The maximum absolute atomic E-state index is 12.4. The standard InChI is InChI=1S/C18H24O7/c1-12(19)24-15(17(21)25-18(2,3)4)14(16(20)22-5)23-11-13-9-7-6-8-10-13/h6-10,14-15H,11H2,1-5H3/t14-,15-/m1/s1. The predicted molar refractivity (Wildman–Crippen MR) is 88.4 cm³/mol. The molecule has 0 aliphatic rings. The van der Waals surface area contributed by atoms with Crippen LogP contribution in [0.4, 0.5) is 0 Å². The summed E-state index contributed by atoms with van der Waals surface area (Å²) in [7, 11) is 1.15. The van der Waals surface area contributed by atoms with E-state index in [1.807, 2.05) is 18.2 Å². The van der Waals surface area contributed by atoms with Gasteiger partial charge >= 0.3 is 17.9 Å². The fraction of sp³-hybridized carbons (Fsp3) is 0.500. The highest BCUT2D eigenvalue weighted by Crippen LogP contribution is 2.16. The van der Waals surface area contributed by atoms with Crippen LogP contribution in [0.2, 0.25) is 0 Å². The van der Waals surface area contributed by atoms with Gasteiger partial charge in [-0.2, -0.15) is 0 Å². The molecule has 0 saturated carbocycles. The van der Waals surface area contributed by atoms with Crippen molar-refractivity contribution in [1.82, 2.24) is 0 Å². The Morgan fingerprint density at radius 1 is 1.00 bits per heavy atom. The van der Waals surface area contributed by atoms with Gasteiger partial charge in [0.15, 0.2) is 0 Å². The van der Waals surface area contributed by atoms with Crippen LogP contribution in [0, 0.1) is 0 Å². The molecule has 0 spiro atoms. The average Bonchev–Trinajstić information content (AvgIpc) is 2.52. The summed E-state index contributed by atoms with van der Waals surface area (Å²) in [5.41, 5.74) is -0.0440. The third-order valence-corrected chi connectivity index (χ3v) is 2.91. The van der Waals surface area contributed by atoms with Crippen LogP contribution >= 0.6 is 0 Å². The van der Waals surface area contributed by atoms with Crippen molar-refractivity contribution in [2.45, 2.75) is 52.1 Å². The lowest BCUT2D eigenvalue weighted by atomic mass is 10.1. The van der Waals surface area contributed by atoms with Crippen molar-refractivity contribution in [3.05, 3.63) is 35.9 Å². The van der Waals surface area contributed by atoms with Crippen LogP contribution in [0.15, 0.2) is 30.3 Å². The van der Waals surface area contributed by atoms with E-state index >= 15 is 0 Å². The molecule has 7 nitrogen and oxygen atoms in total. The molecular formula is C18H24O7. The lowest BCUT2D eigenvalue weighted by molar-refractivity contribution is -0.193. The molecule has 0 saturated heterocycles. The van der Waals surface area contributed by atoms with Gasteiger partial charge in [0.05, 0.1) is 13.7 Å². The van der Waals surface area contributed by atoms with E-state index in [9.17, 15) is 14.4 Å². The van der Waals surface area contributed by atoms with Crippen molar-refractivity contribution in [2.24, 2.45) is 0 Å². The Morgan fingerprint density at radius 3 is 2.08 bits per heavy atom. The van der Waals surface area contributed by atoms with Crippen molar-refractivity contribution in [1.29, 1.82) is 0 Å². The van der Waals surface area contributed by atoms with Gasteiger partial charge in [-0.1, -0.05) is 30.3 Å². The molecule has 0 aliphatic carbocycles. The molecule has 0 aliphatic heterocycles. The molecule has 0 amide bonds. The monoisotopic (exact) mass is 352 g/mol. The Kier molecular flexibility index (Phi) is 7.57. The molecule has 0 N–H and O–H groups in total. The van der Waals surface area contributed by atoms with Crippen LogP contribution < -0.4 is 0 Å². The number of esters is 3. The maximum Gasteiger partial charge on any atom is 0.351 e. The molecule has 1 aromatic carbocycles. The van der Waals surface area contributed by atoms with Crippen molar-refractivity contribution in [3.8, 4) is 0 Å². The van der Waals surface area contributed by atoms with Crippen LogP contribution in [0.25, 0.3) is 0 Å². The van der Waals surface area contributed by atoms with Gasteiger partial charge in [-0.25, -0.2) is 9.59 Å². The second-order valence-corrected chi connectivity index (χ2v) is 6.30. The number of carbonyl (C=O) groups excluding carboxylic acids is 3. The fourth-order valence-electron chi connectivity index (χ4n) is 1.93. The Hall–Kier alpha value is -2.41. The van der Waals surface area contributed by atoms with E-state index in [0.717, 1.165) is 19.6 Å². The number of rotatable bonds is 7. The smallest absolute Gasteiger partial charge is 0.351 e. The lowest BCUT2D eigenvalue weighted by Gasteiger charge is -2.27. The van der Waals surface area contributed by atoms with Gasteiger partial charge in [0, 0.05) is 6.92 Å². The highest BCUT2D eigenvalue weighted by molar-refractivity contribution is 5.87. The van der Waals surface area contributed by atoms with E-state index in [1.165, 1.54) is 0 Å². The first-order valence-corrected chi connectivity index (χ1v) is 7.77. The first-order valence-electron chi connectivity index (χ1n) is 7.77. The van der Waals surface area contributed by atoms with Gasteiger partial charge in [0.1, 0.15) is 5.60 Å². The van der Waals surface area contributed by atoms with Gasteiger partial charge in [0.25, 0.3) is 0 Å². The zero-order valence-electron chi connectivity index (χ0n) is 15.1. The van der Waals surface area contributed by atoms with Crippen LogP contribution in [0.5, 0.6) is 0 Å². The first-order chi connectivity index (χ1) is 11.6. The van der Waals surface area contributed by atoms with Gasteiger partial charge in [-0.15, -0.1) is 0 Å². The summed E-state index contributed by atoms with van der Waals surface area (Å²) in [6.07, 6.45) is -3.00.